The van der Waals surface area contributed by atoms with Gasteiger partial charge in [-0.25, -0.2) is 0 Å². The molecule has 0 spiro atoms. The molecule has 1 aliphatic heterocycles. The van der Waals surface area contributed by atoms with Gasteiger partial charge in [0, 0.05) is 11.4 Å². The lowest BCUT2D eigenvalue weighted by molar-refractivity contribution is -0.129. The van der Waals surface area contributed by atoms with E-state index >= 15 is 0 Å². The third-order valence-corrected chi connectivity index (χ3v) is 4.75. The highest BCUT2D eigenvalue weighted by atomic mass is 16.5. The number of fused-ring (bicyclic) bond motifs is 1. The van der Waals surface area contributed by atoms with Gasteiger partial charge >= 0.3 is 0 Å². The van der Waals surface area contributed by atoms with Gasteiger partial charge < -0.3 is 15.0 Å². The molecule has 1 saturated heterocycles. The van der Waals surface area contributed by atoms with Gasteiger partial charge in [0.2, 0.25) is 0 Å². The number of hydrogen-bond acceptors (Lipinski definition) is 3. The number of nitrogens with one attached hydrogen (secondary N) is 1. The van der Waals surface area contributed by atoms with Crippen molar-refractivity contribution in [1.82, 2.24) is 10.2 Å². The summed E-state index contributed by atoms with van der Waals surface area (Å²) >= 11 is 0. The van der Waals surface area contributed by atoms with E-state index in [0.717, 1.165) is 42.5 Å². The zero-order valence-electron chi connectivity index (χ0n) is 14.5. The third-order valence-electron chi connectivity index (χ3n) is 4.75. The molecule has 4 nitrogen and oxygen atoms in total. The van der Waals surface area contributed by atoms with Gasteiger partial charge in [0.15, 0.2) is 6.10 Å². The van der Waals surface area contributed by atoms with Crippen LogP contribution in [0.2, 0.25) is 0 Å². The lowest BCUT2D eigenvalue weighted by atomic mass is 10.0. The first kappa shape index (κ1) is 16.8. The molecule has 1 N–H and O–H groups in total. The number of ether oxygens (including phenoxy) is 1. The summed E-state index contributed by atoms with van der Waals surface area (Å²) in [6.07, 6.45) is 2.22. The van der Waals surface area contributed by atoms with Crippen LogP contribution < -0.4 is 10.1 Å². The first-order valence-corrected chi connectivity index (χ1v) is 8.80. The second kappa shape index (κ2) is 7.67. The van der Waals surface area contributed by atoms with Crippen molar-refractivity contribution in [3.63, 3.8) is 0 Å². The summed E-state index contributed by atoms with van der Waals surface area (Å²) in [5.41, 5.74) is 0. The van der Waals surface area contributed by atoms with Crippen LogP contribution >= 0.6 is 0 Å². The average molecular weight is 326 g/mol. The van der Waals surface area contributed by atoms with Crippen LogP contribution in [-0.2, 0) is 4.79 Å². The largest absolute Gasteiger partial charge is 0.480 e. The summed E-state index contributed by atoms with van der Waals surface area (Å²) in [7, 11) is 2.12. The van der Waals surface area contributed by atoms with E-state index in [1.807, 2.05) is 37.3 Å². The van der Waals surface area contributed by atoms with E-state index in [1.165, 1.54) is 0 Å². The van der Waals surface area contributed by atoms with Gasteiger partial charge in [-0.05, 0) is 50.9 Å². The second-order valence-electron chi connectivity index (χ2n) is 6.58. The molecular formula is C20H26N2O2. The Hall–Kier alpha value is -2.07. The molecular weight excluding hydrogens is 300 g/mol. The number of hydrogen-bond donors (Lipinski definition) is 1. The Morgan fingerprint density at radius 3 is 2.67 bits per heavy atom. The van der Waals surface area contributed by atoms with Crippen LogP contribution in [0.15, 0.2) is 42.5 Å². The first-order valence-electron chi connectivity index (χ1n) is 8.80. The Balaban J connectivity index is 1.68. The summed E-state index contributed by atoms with van der Waals surface area (Å²) in [6.45, 7) is 4.06. The Labute approximate surface area is 143 Å². The zero-order valence-corrected chi connectivity index (χ0v) is 14.5. The van der Waals surface area contributed by atoms with Crippen LogP contribution in [-0.4, -0.2) is 43.1 Å². The maximum atomic E-state index is 12.6. The minimum absolute atomic E-state index is 0.0000118. The van der Waals surface area contributed by atoms with Gasteiger partial charge in [-0.2, -0.15) is 0 Å². The van der Waals surface area contributed by atoms with Crippen molar-refractivity contribution in [3.05, 3.63) is 42.5 Å². The van der Waals surface area contributed by atoms with Crippen molar-refractivity contribution in [3.8, 4) is 5.75 Å². The molecule has 1 heterocycles. The van der Waals surface area contributed by atoms with E-state index < -0.39 is 6.10 Å². The van der Waals surface area contributed by atoms with Gasteiger partial charge in [0.25, 0.3) is 5.91 Å². The fourth-order valence-corrected chi connectivity index (χ4v) is 3.22. The van der Waals surface area contributed by atoms with Gasteiger partial charge in [-0.3, -0.25) is 4.79 Å². The molecule has 1 amide bonds. The van der Waals surface area contributed by atoms with Crippen molar-refractivity contribution in [2.45, 2.75) is 38.3 Å². The lowest BCUT2D eigenvalue weighted by Gasteiger charge is -2.30. The predicted molar refractivity (Wildman–Crippen MR) is 97.3 cm³/mol. The summed E-state index contributed by atoms with van der Waals surface area (Å²) in [4.78, 5) is 14.9. The molecule has 128 valence electrons. The molecule has 0 aliphatic carbocycles. The highest BCUT2D eigenvalue weighted by Gasteiger charge is 2.24. The maximum absolute atomic E-state index is 12.6. The quantitative estimate of drug-likeness (QED) is 0.917. The van der Waals surface area contributed by atoms with Crippen molar-refractivity contribution in [2.24, 2.45) is 0 Å². The zero-order chi connectivity index (χ0) is 16.9. The van der Waals surface area contributed by atoms with Crippen LogP contribution in [0.1, 0.15) is 26.2 Å². The molecule has 0 bridgehead atoms. The van der Waals surface area contributed by atoms with E-state index in [1.54, 1.807) is 0 Å². The van der Waals surface area contributed by atoms with Crippen LogP contribution in [0.25, 0.3) is 10.8 Å². The number of carbonyl (C=O) groups is 1. The normalized spacial score (nSPS) is 17.6. The maximum Gasteiger partial charge on any atom is 0.261 e. The number of rotatable bonds is 5. The second-order valence-corrected chi connectivity index (χ2v) is 6.58. The molecule has 1 fully saturated rings. The number of nitrogens with zero attached hydrogens (tertiary/aromatic N) is 1. The van der Waals surface area contributed by atoms with Crippen molar-refractivity contribution in [1.29, 1.82) is 0 Å². The molecule has 1 aliphatic rings. The predicted octanol–water partition coefficient (Wildman–Crippen LogP) is 3.21. The first-order chi connectivity index (χ1) is 11.7. The fourth-order valence-electron chi connectivity index (χ4n) is 3.22. The summed E-state index contributed by atoms with van der Waals surface area (Å²) in [6, 6.07) is 14.3. The minimum Gasteiger partial charge on any atom is -0.480 e. The van der Waals surface area contributed by atoms with Crippen molar-refractivity contribution in [2.75, 3.05) is 20.1 Å². The summed E-state index contributed by atoms with van der Waals surface area (Å²) in [5, 5.41) is 5.34. The lowest BCUT2D eigenvalue weighted by Crippen LogP contribution is -2.47. The molecule has 0 radical (unpaired) electrons. The summed E-state index contributed by atoms with van der Waals surface area (Å²) in [5.74, 6) is 0.776. The molecule has 0 aromatic heterocycles. The molecule has 24 heavy (non-hydrogen) atoms. The smallest absolute Gasteiger partial charge is 0.261 e. The van der Waals surface area contributed by atoms with E-state index in [4.69, 9.17) is 4.74 Å². The number of amides is 1. The third kappa shape index (κ3) is 3.88. The Kier molecular flexibility index (Phi) is 5.36. The molecule has 1 atom stereocenters. The van der Waals surface area contributed by atoms with Gasteiger partial charge in [0.1, 0.15) is 5.75 Å². The van der Waals surface area contributed by atoms with Crippen molar-refractivity contribution < 1.29 is 9.53 Å². The molecule has 0 unspecified atom stereocenters. The average Bonchev–Trinajstić information content (AvgIpc) is 2.61. The number of likely N-dealkylation sites (tertiary alicyclic amines) is 1. The minimum atomic E-state index is -0.449. The molecule has 2 aromatic carbocycles. The van der Waals surface area contributed by atoms with Crippen LogP contribution in [0.4, 0.5) is 0 Å². The van der Waals surface area contributed by atoms with Gasteiger partial charge in [-0.15, -0.1) is 0 Å². The monoisotopic (exact) mass is 326 g/mol. The topological polar surface area (TPSA) is 41.6 Å². The fraction of sp³-hybridized carbons (Fsp3) is 0.450. The Morgan fingerprint density at radius 1 is 1.21 bits per heavy atom. The molecule has 4 heteroatoms. The molecule has 0 saturated carbocycles. The van der Waals surface area contributed by atoms with E-state index in [9.17, 15) is 4.79 Å². The van der Waals surface area contributed by atoms with Gasteiger partial charge in [-0.1, -0.05) is 43.3 Å². The van der Waals surface area contributed by atoms with Gasteiger partial charge in [0.05, 0.1) is 0 Å². The standard InChI is InChI=1S/C20H26N2O2/c1-3-18(20(23)21-16-11-13-22(2)14-12-16)24-19-10-6-8-15-7-4-5-9-17(15)19/h4-10,16,18H,3,11-14H2,1-2H3,(H,21,23)/t18-/m0/s1. The highest BCUT2D eigenvalue weighted by Crippen LogP contribution is 2.26. The Bertz CT molecular complexity index is 688. The van der Waals surface area contributed by atoms with Crippen molar-refractivity contribution >= 4 is 16.7 Å². The summed E-state index contributed by atoms with van der Waals surface area (Å²) < 4.78 is 6.08. The van der Waals surface area contributed by atoms with E-state index in [0.29, 0.717) is 6.42 Å². The number of benzene rings is 2. The SMILES string of the molecule is CC[C@H](Oc1cccc2ccccc12)C(=O)NC1CCN(C)CC1. The molecule has 2 aromatic rings. The molecule has 3 rings (SSSR count). The highest BCUT2D eigenvalue weighted by molar-refractivity contribution is 5.89. The number of piperidine rings is 1. The Morgan fingerprint density at radius 2 is 1.92 bits per heavy atom. The van der Waals surface area contributed by atoms with E-state index in [2.05, 4.69) is 29.4 Å². The van der Waals surface area contributed by atoms with E-state index in [-0.39, 0.29) is 11.9 Å². The van der Waals surface area contributed by atoms with Crippen LogP contribution in [0, 0.1) is 0 Å². The van der Waals surface area contributed by atoms with Crippen LogP contribution in [0.3, 0.4) is 0 Å². The van der Waals surface area contributed by atoms with Crippen LogP contribution in [0.5, 0.6) is 5.75 Å². The number of carbonyl (C=O) groups excluding carboxylic acids is 1.